The van der Waals surface area contributed by atoms with Gasteiger partial charge in [0.05, 0.1) is 17.2 Å². The number of carbonyl (C=O) groups is 1. The molecule has 0 aliphatic carbocycles. The van der Waals surface area contributed by atoms with E-state index >= 15 is 0 Å². The molecule has 4 aromatic rings. The Morgan fingerprint density at radius 3 is 2.51 bits per heavy atom. The molecular formula is C26H27N7O2. The molecule has 2 aromatic heterocycles. The minimum Gasteiger partial charge on any atom is -0.341 e. The number of fused-ring (bicyclic) bond motifs is 1. The number of carbonyl (C=O) groups excluding carboxylic acids is 1. The van der Waals surface area contributed by atoms with E-state index in [0.29, 0.717) is 16.6 Å². The number of piperidine rings is 1. The lowest BCUT2D eigenvalue weighted by Crippen LogP contribution is -2.31. The van der Waals surface area contributed by atoms with E-state index in [1.54, 1.807) is 30.3 Å². The maximum absolute atomic E-state index is 12.6. The van der Waals surface area contributed by atoms with Crippen LogP contribution >= 0.6 is 0 Å². The van der Waals surface area contributed by atoms with Crippen molar-refractivity contribution in [2.45, 2.75) is 32.7 Å². The Labute approximate surface area is 202 Å². The smallest absolute Gasteiger partial charge is 0.261 e. The van der Waals surface area contributed by atoms with Gasteiger partial charge >= 0.3 is 0 Å². The molecule has 1 saturated heterocycles. The Morgan fingerprint density at radius 2 is 1.71 bits per heavy atom. The van der Waals surface area contributed by atoms with Gasteiger partial charge < -0.3 is 15.5 Å². The molecule has 35 heavy (non-hydrogen) atoms. The first-order chi connectivity index (χ1) is 17.0. The molecule has 0 atom stereocenters. The van der Waals surface area contributed by atoms with E-state index in [9.17, 15) is 9.59 Å². The van der Waals surface area contributed by atoms with Gasteiger partial charge in [-0.15, -0.1) is 0 Å². The molecule has 0 saturated carbocycles. The minimum absolute atomic E-state index is 0.115. The summed E-state index contributed by atoms with van der Waals surface area (Å²) in [5.41, 5.74) is 2.76. The van der Waals surface area contributed by atoms with Gasteiger partial charge in [-0.3, -0.25) is 14.2 Å². The maximum atomic E-state index is 12.6. The summed E-state index contributed by atoms with van der Waals surface area (Å²) in [6.45, 7) is 3.82. The van der Waals surface area contributed by atoms with Crippen LogP contribution in [0.5, 0.6) is 0 Å². The molecule has 0 bridgehead atoms. The molecule has 0 radical (unpaired) electrons. The lowest BCUT2D eigenvalue weighted by atomic mass is 10.1. The average molecular weight is 470 g/mol. The summed E-state index contributed by atoms with van der Waals surface area (Å²) in [5.74, 6) is 1.19. The highest BCUT2D eigenvalue weighted by Crippen LogP contribution is 2.22. The van der Waals surface area contributed by atoms with Gasteiger partial charge in [-0.05, 0) is 62.6 Å². The molecule has 5 rings (SSSR count). The van der Waals surface area contributed by atoms with Gasteiger partial charge in [-0.25, -0.2) is 9.97 Å². The predicted molar refractivity (Wildman–Crippen MR) is 137 cm³/mol. The Hall–Kier alpha value is -4.27. The van der Waals surface area contributed by atoms with E-state index in [4.69, 9.17) is 4.98 Å². The first-order valence-corrected chi connectivity index (χ1v) is 11.8. The largest absolute Gasteiger partial charge is 0.341 e. The van der Waals surface area contributed by atoms with Crippen LogP contribution in [-0.4, -0.2) is 38.5 Å². The highest BCUT2D eigenvalue weighted by Gasteiger charge is 2.15. The number of nitrogens with zero attached hydrogens (tertiary/aromatic N) is 5. The van der Waals surface area contributed by atoms with Crippen LogP contribution in [0.3, 0.4) is 0 Å². The SMILES string of the molecule is Cc1cc(Nc2ccc(NC(=O)Cn3cnc4ccccc4c3=O)cc2)nc(N2CCCCC2)n1. The fourth-order valence-corrected chi connectivity index (χ4v) is 4.21. The molecule has 1 fully saturated rings. The van der Waals surface area contributed by atoms with Crippen LogP contribution < -0.4 is 21.1 Å². The second-order valence-electron chi connectivity index (χ2n) is 8.69. The molecular weight excluding hydrogens is 442 g/mol. The molecule has 0 unspecified atom stereocenters. The van der Waals surface area contributed by atoms with Gasteiger partial charge in [-0.1, -0.05) is 12.1 Å². The molecule has 1 aliphatic rings. The second kappa shape index (κ2) is 9.92. The van der Waals surface area contributed by atoms with E-state index < -0.39 is 0 Å². The molecule has 0 spiro atoms. The number of aryl methyl sites for hydroxylation is 1. The van der Waals surface area contributed by atoms with Crippen LogP contribution in [0.2, 0.25) is 0 Å². The first kappa shape index (κ1) is 22.5. The Morgan fingerprint density at radius 1 is 0.971 bits per heavy atom. The summed E-state index contributed by atoms with van der Waals surface area (Å²) in [7, 11) is 0. The Kier molecular flexibility index (Phi) is 6.38. The summed E-state index contributed by atoms with van der Waals surface area (Å²) in [6, 6.07) is 16.4. The monoisotopic (exact) mass is 469 g/mol. The van der Waals surface area contributed by atoms with Gasteiger partial charge in [-0.2, -0.15) is 4.98 Å². The minimum atomic E-state index is -0.303. The molecule has 9 heteroatoms. The van der Waals surface area contributed by atoms with Crippen molar-refractivity contribution in [2.75, 3.05) is 28.6 Å². The molecule has 9 nitrogen and oxygen atoms in total. The highest BCUT2D eigenvalue weighted by atomic mass is 16.2. The number of hydrogen-bond acceptors (Lipinski definition) is 7. The number of benzene rings is 2. The number of amides is 1. The number of rotatable bonds is 6. The summed E-state index contributed by atoms with van der Waals surface area (Å²) < 4.78 is 1.31. The third-order valence-corrected chi connectivity index (χ3v) is 5.97. The van der Waals surface area contributed by atoms with Crippen molar-refractivity contribution >= 4 is 40.0 Å². The quantitative estimate of drug-likeness (QED) is 0.442. The zero-order chi connectivity index (χ0) is 24.2. The van der Waals surface area contributed by atoms with Crippen molar-refractivity contribution in [2.24, 2.45) is 0 Å². The average Bonchev–Trinajstić information content (AvgIpc) is 2.87. The number of anilines is 4. The van der Waals surface area contributed by atoms with Gasteiger partial charge in [0.25, 0.3) is 5.56 Å². The zero-order valence-electron chi connectivity index (χ0n) is 19.6. The number of hydrogen-bond donors (Lipinski definition) is 2. The molecule has 2 aromatic carbocycles. The van der Waals surface area contributed by atoms with Crippen LogP contribution in [0.4, 0.5) is 23.1 Å². The summed E-state index contributed by atoms with van der Waals surface area (Å²) in [5, 5.41) is 6.64. The maximum Gasteiger partial charge on any atom is 0.261 e. The predicted octanol–water partition coefficient (Wildman–Crippen LogP) is 3.87. The van der Waals surface area contributed by atoms with Crippen LogP contribution in [0.25, 0.3) is 10.9 Å². The highest BCUT2D eigenvalue weighted by molar-refractivity contribution is 5.91. The summed E-state index contributed by atoms with van der Waals surface area (Å²) >= 11 is 0. The van der Waals surface area contributed by atoms with Gasteiger partial charge in [0.2, 0.25) is 11.9 Å². The van der Waals surface area contributed by atoms with Crippen molar-refractivity contribution in [1.82, 2.24) is 19.5 Å². The molecule has 1 aliphatic heterocycles. The van der Waals surface area contributed by atoms with E-state index in [1.165, 1.54) is 30.2 Å². The van der Waals surface area contributed by atoms with Crippen molar-refractivity contribution in [1.29, 1.82) is 0 Å². The van der Waals surface area contributed by atoms with Gasteiger partial charge in [0.1, 0.15) is 12.4 Å². The number of para-hydroxylation sites is 1. The molecule has 3 heterocycles. The summed E-state index contributed by atoms with van der Waals surface area (Å²) in [4.78, 5) is 40.9. The molecule has 178 valence electrons. The van der Waals surface area contributed by atoms with Gasteiger partial charge in [0.15, 0.2) is 0 Å². The van der Waals surface area contributed by atoms with Crippen molar-refractivity contribution < 1.29 is 4.79 Å². The third-order valence-electron chi connectivity index (χ3n) is 5.97. The van der Waals surface area contributed by atoms with Crippen LogP contribution in [0, 0.1) is 6.92 Å². The zero-order valence-corrected chi connectivity index (χ0v) is 19.6. The van der Waals surface area contributed by atoms with Gasteiger partial charge in [0, 0.05) is 36.2 Å². The Bertz CT molecular complexity index is 1410. The van der Waals surface area contributed by atoms with E-state index in [0.717, 1.165) is 36.2 Å². The third kappa shape index (κ3) is 5.29. The fraction of sp³-hybridized carbons (Fsp3) is 0.269. The van der Waals surface area contributed by atoms with E-state index in [2.05, 4.69) is 25.5 Å². The van der Waals surface area contributed by atoms with Crippen LogP contribution in [0.1, 0.15) is 25.0 Å². The first-order valence-electron chi connectivity index (χ1n) is 11.8. The fourth-order valence-electron chi connectivity index (χ4n) is 4.21. The van der Waals surface area contributed by atoms with Crippen LogP contribution in [0.15, 0.2) is 65.7 Å². The molecule has 2 N–H and O–H groups in total. The van der Waals surface area contributed by atoms with E-state index in [-0.39, 0.29) is 18.0 Å². The van der Waals surface area contributed by atoms with Crippen molar-refractivity contribution in [3.63, 3.8) is 0 Å². The summed E-state index contributed by atoms with van der Waals surface area (Å²) in [6.07, 6.45) is 4.99. The lowest BCUT2D eigenvalue weighted by molar-refractivity contribution is -0.116. The number of nitrogens with one attached hydrogen (secondary N) is 2. The van der Waals surface area contributed by atoms with Crippen molar-refractivity contribution in [3.8, 4) is 0 Å². The standard InChI is InChI=1S/C26H27N7O2/c1-18-15-23(31-26(28-18)32-13-5-2-6-14-32)29-19-9-11-20(12-10-19)30-24(34)16-33-17-27-22-8-4-3-7-21(22)25(33)35/h3-4,7-12,15,17H,2,5-6,13-14,16H2,1H3,(H,30,34)(H,28,29,31). The van der Waals surface area contributed by atoms with Crippen LogP contribution in [-0.2, 0) is 11.3 Å². The normalized spacial score (nSPS) is 13.6. The Balaban J connectivity index is 1.23. The lowest BCUT2D eigenvalue weighted by Gasteiger charge is -2.27. The second-order valence-corrected chi connectivity index (χ2v) is 8.69. The van der Waals surface area contributed by atoms with E-state index in [1.807, 2.05) is 31.2 Å². The number of aromatic nitrogens is 4. The topological polar surface area (TPSA) is 105 Å². The van der Waals surface area contributed by atoms with Crippen molar-refractivity contribution in [3.05, 3.63) is 77.0 Å². The molecule has 1 amide bonds.